The van der Waals surface area contributed by atoms with Gasteiger partial charge in [0.25, 0.3) is 0 Å². The average molecular weight is 303 g/mol. The summed E-state index contributed by atoms with van der Waals surface area (Å²) >= 11 is 0. The zero-order valence-corrected chi connectivity index (χ0v) is 13.6. The van der Waals surface area contributed by atoms with Gasteiger partial charge in [-0.25, -0.2) is 0 Å². The molecule has 0 saturated heterocycles. The second kappa shape index (κ2) is 6.93. The summed E-state index contributed by atoms with van der Waals surface area (Å²) in [5, 5.41) is 19.7. The topological polar surface area (TPSA) is 82.7 Å². The number of nitrogens with one attached hydrogen (secondary N) is 2. The van der Waals surface area contributed by atoms with Gasteiger partial charge >= 0.3 is 0 Å². The third kappa shape index (κ3) is 3.86. The van der Waals surface area contributed by atoms with Crippen LogP contribution in [0, 0.1) is 18.3 Å². The number of hydrogen-bond donors (Lipinski definition) is 2. The highest BCUT2D eigenvalue weighted by Crippen LogP contribution is 2.28. The van der Waals surface area contributed by atoms with Crippen LogP contribution in [0.1, 0.15) is 51.1 Å². The van der Waals surface area contributed by atoms with Gasteiger partial charge < -0.3 is 10.6 Å². The quantitative estimate of drug-likeness (QED) is 0.837. The van der Waals surface area contributed by atoms with Gasteiger partial charge in [-0.2, -0.15) is 10.4 Å². The minimum absolute atomic E-state index is 0.103. The monoisotopic (exact) mass is 303 g/mol. The second-order valence-corrected chi connectivity index (χ2v) is 6.36. The molecule has 120 valence electrons. The summed E-state index contributed by atoms with van der Waals surface area (Å²) in [5.74, 6) is -0.112. The van der Waals surface area contributed by atoms with Crippen LogP contribution in [-0.2, 0) is 4.79 Å². The molecule has 0 aromatic carbocycles. The van der Waals surface area contributed by atoms with Gasteiger partial charge in [0.15, 0.2) is 0 Å². The van der Waals surface area contributed by atoms with E-state index in [0.29, 0.717) is 0 Å². The molecular weight excluding hydrogens is 278 g/mol. The van der Waals surface area contributed by atoms with Crippen LogP contribution in [0.2, 0.25) is 0 Å². The number of nitriles is 1. The van der Waals surface area contributed by atoms with E-state index in [1.54, 1.807) is 0 Å². The maximum Gasteiger partial charge on any atom is 0.235 e. The minimum Gasteiger partial charge on any atom is -0.337 e. The molecule has 1 amide bonds. The third-order valence-electron chi connectivity index (χ3n) is 4.51. The van der Waals surface area contributed by atoms with Crippen molar-refractivity contribution in [2.45, 2.75) is 64.1 Å². The van der Waals surface area contributed by atoms with E-state index >= 15 is 0 Å². The van der Waals surface area contributed by atoms with Gasteiger partial charge in [0.2, 0.25) is 5.91 Å². The number of carbonyl (C=O) groups excluding carboxylic acids is 1. The fraction of sp³-hybridized carbons (Fsp3) is 0.688. The van der Waals surface area contributed by atoms with Gasteiger partial charge in [-0.15, -0.1) is 0 Å². The Morgan fingerprint density at radius 3 is 2.73 bits per heavy atom. The van der Waals surface area contributed by atoms with Crippen molar-refractivity contribution in [2.75, 3.05) is 6.54 Å². The molecule has 22 heavy (non-hydrogen) atoms. The van der Waals surface area contributed by atoms with Crippen LogP contribution in [0.4, 0.5) is 0 Å². The Morgan fingerprint density at radius 2 is 2.18 bits per heavy atom. The first kappa shape index (κ1) is 16.5. The first-order valence-corrected chi connectivity index (χ1v) is 7.92. The van der Waals surface area contributed by atoms with Gasteiger partial charge in [-0.05, 0) is 52.0 Å². The van der Waals surface area contributed by atoms with Crippen molar-refractivity contribution in [3.63, 3.8) is 0 Å². The molecule has 1 saturated carbocycles. The molecule has 0 aliphatic heterocycles. The Morgan fingerprint density at radius 1 is 1.50 bits per heavy atom. The number of rotatable bonds is 6. The molecule has 1 fully saturated rings. The van der Waals surface area contributed by atoms with Gasteiger partial charge in [-0.1, -0.05) is 0 Å². The molecule has 2 atom stereocenters. The van der Waals surface area contributed by atoms with Crippen molar-refractivity contribution in [1.82, 2.24) is 20.4 Å². The maximum atomic E-state index is 12.1. The molecule has 1 aromatic heterocycles. The minimum atomic E-state index is -0.646. The van der Waals surface area contributed by atoms with Gasteiger partial charge in [-0.3, -0.25) is 9.48 Å². The molecule has 0 bridgehead atoms. The Bertz CT molecular complexity index is 553. The van der Waals surface area contributed by atoms with Crippen LogP contribution in [0.15, 0.2) is 12.4 Å². The highest BCUT2D eigenvalue weighted by Gasteiger charge is 2.35. The highest BCUT2D eigenvalue weighted by atomic mass is 16.2. The summed E-state index contributed by atoms with van der Waals surface area (Å²) in [4.78, 5) is 12.1. The van der Waals surface area contributed by atoms with Crippen LogP contribution in [0.3, 0.4) is 0 Å². The normalized spacial score (nSPS) is 19.4. The molecule has 6 heteroatoms. The van der Waals surface area contributed by atoms with Crippen molar-refractivity contribution in [3.05, 3.63) is 18.0 Å². The van der Waals surface area contributed by atoms with E-state index in [1.807, 2.05) is 30.9 Å². The molecular formula is C16H25N5O. The largest absolute Gasteiger partial charge is 0.337 e. The lowest BCUT2D eigenvalue weighted by molar-refractivity contribution is -0.121. The zero-order chi connectivity index (χ0) is 16.2. The summed E-state index contributed by atoms with van der Waals surface area (Å²) in [6, 6.07) is 2.53. The molecule has 1 aromatic rings. The summed E-state index contributed by atoms with van der Waals surface area (Å²) in [6.07, 6.45) is 7.35. The summed E-state index contributed by atoms with van der Waals surface area (Å²) in [5.41, 5.74) is 0.473. The van der Waals surface area contributed by atoms with E-state index in [4.69, 9.17) is 0 Å². The standard InChI is InChI=1S/C16H25N5O/c1-12-8-19-21(10-12)14(3)13(2)18-9-15(22)20-16(11-17)6-4-5-7-16/h8,10,13-14,18H,4-7,9H2,1-3H3,(H,20,22)/t13-,14+/m0/s1. The van der Waals surface area contributed by atoms with Gasteiger partial charge in [0.1, 0.15) is 5.54 Å². The summed E-state index contributed by atoms with van der Waals surface area (Å²) in [6.45, 7) is 6.32. The van der Waals surface area contributed by atoms with Crippen LogP contribution >= 0.6 is 0 Å². The predicted molar refractivity (Wildman–Crippen MR) is 84.1 cm³/mol. The maximum absolute atomic E-state index is 12.1. The number of aryl methyl sites for hydroxylation is 1. The fourth-order valence-corrected chi connectivity index (χ4v) is 2.86. The SMILES string of the molecule is Cc1cnn([C@H](C)[C@H](C)NCC(=O)NC2(C#N)CCCC2)c1. The van der Waals surface area contributed by atoms with Crippen LogP contribution in [0.5, 0.6) is 0 Å². The third-order valence-corrected chi connectivity index (χ3v) is 4.51. The van der Waals surface area contributed by atoms with Crippen molar-refractivity contribution in [2.24, 2.45) is 0 Å². The number of carbonyl (C=O) groups is 1. The van der Waals surface area contributed by atoms with E-state index in [2.05, 4.69) is 28.7 Å². The number of amides is 1. The molecule has 0 unspecified atom stereocenters. The van der Waals surface area contributed by atoms with Crippen molar-refractivity contribution >= 4 is 5.91 Å². The van der Waals surface area contributed by atoms with Gasteiger partial charge in [0.05, 0.1) is 24.9 Å². The summed E-state index contributed by atoms with van der Waals surface area (Å²) < 4.78 is 1.90. The van der Waals surface area contributed by atoms with Crippen molar-refractivity contribution < 1.29 is 4.79 Å². The Kier molecular flexibility index (Phi) is 5.19. The second-order valence-electron chi connectivity index (χ2n) is 6.36. The molecule has 0 radical (unpaired) electrons. The Hall–Kier alpha value is -1.87. The summed E-state index contributed by atoms with van der Waals surface area (Å²) in [7, 11) is 0. The number of hydrogen-bond acceptors (Lipinski definition) is 4. The lowest BCUT2D eigenvalue weighted by Gasteiger charge is -2.24. The Labute approximate surface area is 131 Å². The van der Waals surface area contributed by atoms with E-state index in [-0.39, 0.29) is 24.5 Å². The Balaban J connectivity index is 1.82. The highest BCUT2D eigenvalue weighted by molar-refractivity contribution is 5.79. The molecule has 2 N–H and O–H groups in total. The predicted octanol–water partition coefficient (Wildman–Crippen LogP) is 1.68. The van der Waals surface area contributed by atoms with E-state index in [9.17, 15) is 10.1 Å². The molecule has 6 nitrogen and oxygen atoms in total. The van der Waals surface area contributed by atoms with E-state index in [1.165, 1.54) is 0 Å². The lowest BCUT2D eigenvalue weighted by Crippen LogP contribution is -2.49. The van der Waals surface area contributed by atoms with Crippen LogP contribution in [0.25, 0.3) is 0 Å². The smallest absolute Gasteiger partial charge is 0.235 e. The molecule has 1 aliphatic rings. The fourth-order valence-electron chi connectivity index (χ4n) is 2.86. The van der Waals surface area contributed by atoms with Crippen LogP contribution in [-0.4, -0.2) is 33.8 Å². The lowest BCUT2D eigenvalue weighted by atomic mass is 10.00. The number of aromatic nitrogens is 2. The molecule has 2 rings (SSSR count). The van der Waals surface area contributed by atoms with Gasteiger partial charge in [0, 0.05) is 12.2 Å². The van der Waals surface area contributed by atoms with Crippen molar-refractivity contribution in [1.29, 1.82) is 5.26 Å². The van der Waals surface area contributed by atoms with E-state index < -0.39 is 5.54 Å². The molecule has 1 aliphatic carbocycles. The number of nitrogens with zero attached hydrogens (tertiary/aromatic N) is 3. The van der Waals surface area contributed by atoms with Crippen LogP contribution < -0.4 is 10.6 Å². The zero-order valence-electron chi connectivity index (χ0n) is 13.6. The first-order valence-electron chi connectivity index (χ1n) is 7.92. The first-order chi connectivity index (χ1) is 10.5. The molecule has 1 heterocycles. The van der Waals surface area contributed by atoms with Crippen molar-refractivity contribution in [3.8, 4) is 6.07 Å². The average Bonchev–Trinajstić information content (AvgIpc) is 3.13. The molecule has 0 spiro atoms. The van der Waals surface area contributed by atoms with E-state index in [0.717, 1.165) is 31.2 Å².